The number of ether oxygens (including phenoxy) is 1. The zero-order chi connectivity index (χ0) is 24.6. The molecule has 2 unspecified atom stereocenters. The number of nitrogens with two attached hydrogens (primary N) is 1. The second-order valence-corrected chi connectivity index (χ2v) is 10.3. The van der Waals surface area contributed by atoms with Crippen molar-refractivity contribution in [1.29, 1.82) is 0 Å². The Bertz CT molecular complexity index is 1090. The highest BCUT2D eigenvalue weighted by molar-refractivity contribution is 7.66. The second kappa shape index (κ2) is 9.44. The lowest BCUT2D eigenvalue weighted by atomic mass is 10.4. The van der Waals surface area contributed by atoms with Crippen LogP contribution in [0.25, 0.3) is 0 Å². The highest BCUT2D eigenvalue weighted by Crippen LogP contribution is 2.66. The fourth-order valence-corrected chi connectivity index (χ4v) is 5.43. The molecule has 0 spiro atoms. The van der Waals surface area contributed by atoms with Crippen LogP contribution in [0.15, 0.2) is 11.0 Å². The number of carbonyl (C=O) groups excluding carboxylic acids is 1. The number of halogens is 1. The molecular weight excluding hydrogens is 519 g/mol. The molecule has 0 aromatic carbocycles. The number of amides is 1. The highest BCUT2D eigenvalue weighted by atomic mass is 31.3. The summed E-state index contributed by atoms with van der Waals surface area (Å²) in [7, 11) is -17.0. The van der Waals surface area contributed by atoms with Crippen molar-refractivity contribution in [3.63, 3.8) is 0 Å². The maximum Gasteiger partial charge on any atom is 0.490 e. The summed E-state index contributed by atoms with van der Waals surface area (Å²) in [4.78, 5) is 61.7. The molecule has 6 atom stereocenters. The molecule has 18 nitrogen and oxygen atoms in total. The molecule has 8 N–H and O–H groups in total. The van der Waals surface area contributed by atoms with E-state index in [0.717, 1.165) is 0 Å². The smallest absolute Gasteiger partial charge is 0.387 e. The van der Waals surface area contributed by atoms with E-state index >= 15 is 0 Å². The van der Waals surface area contributed by atoms with E-state index in [1.54, 1.807) is 0 Å². The number of rotatable bonds is 9. The molecule has 0 bridgehead atoms. The Kier molecular flexibility index (Phi) is 7.91. The predicted molar refractivity (Wildman–Crippen MR) is 92.7 cm³/mol. The normalized spacial score (nSPS) is 27.6. The molecule has 1 aromatic heterocycles. The number of aromatic nitrogens is 2. The molecule has 1 fully saturated rings. The standard InChI is InChI=1S/C10H15FN3O15P3/c11-4-1-14(9(18)5(13-4)8(12)17)10-7(16)6(15)3(27-10)2-26-31(22,23)29-32(24,25)28-30(19,20)21/h1,3,6-7,10,15-16H,2H2,(H2,12,17)(H,22,23)(H,24,25)(H2,19,20,21)/t3-,6-,7-,10-/m1/s1/i2+1,3+1,6+1,7+1,10+1. The molecule has 0 aliphatic carbocycles. The van der Waals surface area contributed by atoms with E-state index in [4.69, 9.17) is 25.2 Å². The lowest BCUT2D eigenvalue weighted by molar-refractivity contribution is -0.0542. The lowest BCUT2D eigenvalue weighted by Crippen LogP contribution is -2.38. The monoisotopic (exact) mass is 534 g/mol. The van der Waals surface area contributed by atoms with E-state index in [0.29, 0.717) is 10.8 Å². The Morgan fingerprint density at radius 3 is 2.28 bits per heavy atom. The molecule has 1 amide bonds. The van der Waals surface area contributed by atoms with Gasteiger partial charge < -0.3 is 40.3 Å². The zero-order valence-corrected chi connectivity index (χ0v) is 17.8. The molecular formula is C10H15FN3O15P3. The van der Waals surface area contributed by atoms with Crippen LogP contribution < -0.4 is 11.3 Å². The van der Waals surface area contributed by atoms with Crippen LogP contribution in [0.2, 0.25) is 0 Å². The largest absolute Gasteiger partial charge is 0.490 e. The Morgan fingerprint density at radius 2 is 1.75 bits per heavy atom. The molecule has 1 saturated heterocycles. The van der Waals surface area contributed by atoms with E-state index in [2.05, 4.69) is 18.1 Å². The van der Waals surface area contributed by atoms with Gasteiger partial charge in [-0.25, -0.2) is 18.7 Å². The first-order valence-electron chi connectivity index (χ1n) is 7.81. The first-order chi connectivity index (χ1) is 14.4. The van der Waals surface area contributed by atoms with Crippen molar-refractivity contribution in [3.8, 4) is 0 Å². The minimum absolute atomic E-state index is 0.321. The topological polar surface area (TPSA) is 287 Å². The third kappa shape index (κ3) is 6.79. The average molecular weight is 534 g/mol. The molecule has 22 heteroatoms. The maximum atomic E-state index is 13.6. The van der Waals surface area contributed by atoms with Crippen molar-refractivity contribution in [1.82, 2.24) is 9.55 Å². The minimum Gasteiger partial charge on any atom is -0.387 e. The molecule has 1 aliphatic rings. The van der Waals surface area contributed by atoms with Crippen LogP contribution in [0.3, 0.4) is 0 Å². The Balaban J connectivity index is 2.16. The first kappa shape index (κ1) is 26.8. The number of hydrogen-bond acceptors (Lipinski definition) is 12. The number of primary amides is 1. The fraction of sp³-hybridized carbons (Fsp3) is 0.500. The van der Waals surface area contributed by atoms with Crippen molar-refractivity contribution in [2.45, 2.75) is 24.5 Å². The average Bonchev–Trinajstić information content (AvgIpc) is 2.86. The van der Waals surface area contributed by atoms with Gasteiger partial charge in [-0.2, -0.15) is 13.0 Å². The van der Waals surface area contributed by atoms with Crippen molar-refractivity contribution in [2.24, 2.45) is 5.73 Å². The summed E-state index contributed by atoms with van der Waals surface area (Å²) in [5, 5.41) is 20.1. The van der Waals surface area contributed by atoms with Gasteiger partial charge in [0.25, 0.3) is 11.5 Å². The Morgan fingerprint density at radius 1 is 1.16 bits per heavy atom. The van der Waals surface area contributed by atoms with Crippen molar-refractivity contribution >= 4 is 29.4 Å². The van der Waals surface area contributed by atoms with E-state index in [1.165, 1.54) is 0 Å². The highest BCUT2D eigenvalue weighted by Gasteiger charge is 2.47. The summed E-state index contributed by atoms with van der Waals surface area (Å²) in [5.41, 5.74) is 2.52. The van der Waals surface area contributed by atoms with E-state index < -0.39 is 77.7 Å². The molecule has 2 rings (SSSR count). The molecule has 182 valence electrons. The number of aliphatic hydroxyl groups is 2. The van der Waals surface area contributed by atoms with Gasteiger partial charge in [-0.05, 0) is 0 Å². The van der Waals surface area contributed by atoms with Crippen LogP contribution in [0.1, 0.15) is 16.7 Å². The molecule has 1 aromatic rings. The predicted octanol–water partition coefficient (Wildman–Crippen LogP) is -2.56. The van der Waals surface area contributed by atoms with Gasteiger partial charge in [0.15, 0.2) is 11.9 Å². The summed E-state index contributed by atoms with van der Waals surface area (Å²) in [6.07, 6.45) is -7.18. The molecule has 2 heterocycles. The number of aliphatic hydroxyl groups excluding tert-OH is 2. The van der Waals surface area contributed by atoms with Crippen LogP contribution in [-0.2, 0) is 31.6 Å². The third-order valence-electron chi connectivity index (χ3n) is 3.56. The number of hydrogen-bond donors (Lipinski definition) is 7. The summed E-state index contributed by atoms with van der Waals surface area (Å²) < 4.78 is 63.8. The number of phosphoric ester groups is 1. The Hall–Kier alpha value is -1.43. The van der Waals surface area contributed by atoms with Gasteiger partial charge in [-0.15, -0.1) is 0 Å². The summed E-state index contributed by atoms with van der Waals surface area (Å²) >= 11 is 0. The fourth-order valence-electron chi connectivity index (χ4n) is 2.40. The number of carbonyl (C=O) groups is 1. The number of phosphoric acid groups is 3. The van der Waals surface area contributed by atoms with Crippen LogP contribution >= 0.6 is 23.5 Å². The minimum atomic E-state index is -5.80. The van der Waals surface area contributed by atoms with Gasteiger partial charge in [-0.1, -0.05) is 0 Å². The summed E-state index contributed by atoms with van der Waals surface area (Å²) in [5.74, 6) is -2.80. The van der Waals surface area contributed by atoms with Gasteiger partial charge in [0.1, 0.15) is 18.3 Å². The molecule has 32 heavy (non-hydrogen) atoms. The van der Waals surface area contributed by atoms with Crippen molar-refractivity contribution in [2.75, 3.05) is 6.61 Å². The van der Waals surface area contributed by atoms with E-state index in [1.807, 2.05) is 0 Å². The van der Waals surface area contributed by atoms with Crippen molar-refractivity contribution < 1.29 is 70.5 Å². The molecule has 1 aliphatic heterocycles. The second-order valence-electron chi connectivity index (χ2n) is 5.92. The summed E-state index contributed by atoms with van der Waals surface area (Å²) in [6.45, 7) is -1.18. The van der Waals surface area contributed by atoms with E-state index in [9.17, 15) is 42.8 Å². The van der Waals surface area contributed by atoms with Gasteiger partial charge in [0, 0.05) is 0 Å². The SMILES string of the molecule is NC(=O)c1nc(F)cn([13C@@H]2O[13C@H]([13CH2]OP(=O)(O)OP(=O)(O)OP(=O)(O)O)[13C@@H](O)[13C@H]2O)c1=O. The lowest BCUT2D eigenvalue weighted by Gasteiger charge is -2.19. The summed E-state index contributed by atoms with van der Waals surface area (Å²) in [6, 6.07) is 0. The molecule has 0 saturated carbocycles. The molecule has 0 radical (unpaired) electrons. The van der Waals surface area contributed by atoms with Gasteiger partial charge in [0.2, 0.25) is 5.95 Å². The van der Waals surface area contributed by atoms with Crippen molar-refractivity contribution in [3.05, 3.63) is 28.2 Å². The van der Waals surface area contributed by atoms with Gasteiger partial charge in [0.05, 0.1) is 12.8 Å². The first-order valence-corrected chi connectivity index (χ1v) is 12.3. The van der Waals surface area contributed by atoms with Crippen LogP contribution in [0, 0.1) is 5.95 Å². The Labute approximate surface area is 175 Å². The van der Waals surface area contributed by atoms with Crippen LogP contribution in [-0.4, -0.2) is 70.2 Å². The van der Waals surface area contributed by atoms with Gasteiger partial charge >= 0.3 is 23.5 Å². The quantitative estimate of drug-likeness (QED) is 0.127. The third-order valence-corrected chi connectivity index (χ3v) is 7.37. The number of nitrogens with zero attached hydrogens (tertiary/aromatic N) is 2. The van der Waals surface area contributed by atoms with Gasteiger partial charge in [-0.3, -0.25) is 18.7 Å². The maximum absolute atomic E-state index is 13.6. The van der Waals surface area contributed by atoms with Crippen LogP contribution in [0.4, 0.5) is 4.39 Å². The van der Waals surface area contributed by atoms with E-state index in [-0.39, 0.29) is 0 Å². The zero-order valence-electron chi connectivity index (χ0n) is 15.1. The van der Waals surface area contributed by atoms with Crippen LogP contribution in [0.5, 0.6) is 0 Å².